The summed E-state index contributed by atoms with van der Waals surface area (Å²) in [6, 6.07) is 17.3. The standard InChI is InChI=1S/C30H31Cl2N5O5S/c1-4-42-25-17-23(43(40,41)35(2)3)13-14-24(25)29-34-27(19-5-9-21(31)10-6-19)28(20-7-11-22(32)12-8-20)37(29)30(39)36-16-15-33-26(38)18-36/h5-14,17,27-28H,4,15-16,18H2,1-3H3,(H,33,38). The van der Waals surface area contributed by atoms with Crippen molar-refractivity contribution in [1.82, 2.24) is 19.4 Å². The first kappa shape index (κ1) is 30.8. The summed E-state index contributed by atoms with van der Waals surface area (Å²) in [5, 5.41) is 3.84. The number of ether oxygens (including phenoxy) is 1. The molecule has 0 bridgehead atoms. The third-order valence-electron chi connectivity index (χ3n) is 7.28. The number of hydrogen-bond acceptors (Lipinski definition) is 6. The summed E-state index contributed by atoms with van der Waals surface area (Å²) < 4.78 is 33.0. The zero-order chi connectivity index (χ0) is 30.9. The summed E-state index contributed by atoms with van der Waals surface area (Å²) >= 11 is 12.4. The van der Waals surface area contributed by atoms with Crippen molar-refractivity contribution in [2.45, 2.75) is 23.9 Å². The smallest absolute Gasteiger partial charge is 0.326 e. The number of aliphatic imine (C=N–C) groups is 1. The second-order valence-corrected chi connectivity index (χ2v) is 13.3. The first-order chi connectivity index (χ1) is 20.5. The van der Waals surface area contributed by atoms with E-state index in [1.54, 1.807) is 42.2 Å². The minimum atomic E-state index is -3.77. The highest BCUT2D eigenvalue weighted by Gasteiger charge is 2.45. The second-order valence-electron chi connectivity index (χ2n) is 10.2. The molecule has 0 saturated carbocycles. The Bertz CT molecular complexity index is 1660. The number of halogens is 2. The number of benzene rings is 3. The van der Waals surface area contributed by atoms with Crippen LogP contribution in [0.15, 0.2) is 76.6 Å². The highest BCUT2D eigenvalue weighted by Crippen LogP contribution is 2.45. The van der Waals surface area contributed by atoms with Crippen LogP contribution in [-0.2, 0) is 14.8 Å². The third kappa shape index (κ3) is 6.21. The molecule has 2 heterocycles. The quantitative estimate of drug-likeness (QED) is 0.400. The fourth-order valence-corrected chi connectivity index (χ4v) is 6.31. The van der Waals surface area contributed by atoms with E-state index in [1.165, 1.54) is 31.1 Å². The van der Waals surface area contributed by atoms with Crippen molar-refractivity contribution in [3.8, 4) is 5.75 Å². The molecule has 5 rings (SSSR count). The van der Waals surface area contributed by atoms with Gasteiger partial charge in [0, 0.05) is 43.3 Å². The van der Waals surface area contributed by atoms with Gasteiger partial charge in [-0.05, 0) is 54.4 Å². The van der Waals surface area contributed by atoms with Crippen LogP contribution in [0.3, 0.4) is 0 Å². The monoisotopic (exact) mass is 643 g/mol. The lowest BCUT2D eigenvalue weighted by Crippen LogP contribution is -2.55. The summed E-state index contributed by atoms with van der Waals surface area (Å²) in [5.41, 5.74) is 2.01. The van der Waals surface area contributed by atoms with Crippen LogP contribution in [0.1, 0.15) is 35.7 Å². The summed E-state index contributed by atoms with van der Waals surface area (Å²) in [4.78, 5) is 34.9. The van der Waals surface area contributed by atoms with E-state index in [9.17, 15) is 18.0 Å². The molecule has 0 radical (unpaired) electrons. The average molecular weight is 645 g/mol. The predicted octanol–water partition coefficient (Wildman–Crippen LogP) is 4.74. The van der Waals surface area contributed by atoms with Crippen molar-refractivity contribution in [2.24, 2.45) is 4.99 Å². The average Bonchev–Trinajstić information content (AvgIpc) is 3.38. The summed E-state index contributed by atoms with van der Waals surface area (Å²) in [7, 11) is -0.868. The lowest BCUT2D eigenvalue weighted by atomic mass is 9.93. The van der Waals surface area contributed by atoms with E-state index in [1.807, 2.05) is 24.3 Å². The van der Waals surface area contributed by atoms with E-state index in [2.05, 4.69) is 5.32 Å². The number of rotatable bonds is 7. The molecule has 1 N–H and O–H groups in total. The Hall–Kier alpha value is -3.64. The number of carbonyl (C=O) groups is 2. The number of amides is 3. The van der Waals surface area contributed by atoms with Gasteiger partial charge in [-0.25, -0.2) is 17.5 Å². The van der Waals surface area contributed by atoms with Crippen molar-refractivity contribution < 1.29 is 22.7 Å². The summed E-state index contributed by atoms with van der Waals surface area (Å²) in [5.74, 6) is 0.279. The van der Waals surface area contributed by atoms with Gasteiger partial charge in [-0.15, -0.1) is 0 Å². The van der Waals surface area contributed by atoms with E-state index in [4.69, 9.17) is 32.9 Å². The molecule has 0 aromatic heterocycles. The lowest BCUT2D eigenvalue weighted by molar-refractivity contribution is -0.123. The van der Waals surface area contributed by atoms with E-state index in [0.717, 1.165) is 15.4 Å². The highest BCUT2D eigenvalue weighted by atomic mass is 35.5. The normalized spacial score (nSPS) is 18.9. The molecule has 1 fully saturated rings. The topological polar surface area (TPSA) is 112 Å². The zero-order valence-electron chi connectivity index (χ0n) is 23.8. The largest absolute Gasteiger partial charge is 0.493 e. The maximum atomic E-state index is 14.4. The summed E-state index contributed by atoms with van der Waals surface area (Å²) in [6.45, 7) is 2.55. The first-order valence-electron chi connectivity index (χ1n) is 13.6. The minimum absolute atomic E-state index is 0.0392. The molecule has 3 amide bonds. The Kier molecular flexibility index (Phi) is 8.98. The van der Waals surface area contributed by atoms with Gasteiger partial charge in [0.15, 0.2) is 0 Å². The SMILES string of the molecule is CCOc1cc(S(=O)(=O)N(C)C)ccc1C1=NC(c2ccc(Cl)cc2)C(c2ccc(Cl)cc2)N1C(=O)N1CCNC(=O)C1. The molecule has 10 nitrogen and oxygen atoms in total. The molecule has 2 aliphatic heterocycles. The van der Waals surface area contributed by atoms with Gasteiger partial charge in [-0.2, -0.15) is 0 Å². The van der Waals surface area contributed by atoms with Gasteiger partial charge < -0.3 is 15.0 Å². The van der Waals surface area contributed by atoms with Gasteiger partial charge in [0.1, 0.15) is 24.2 Å². The number of nitrogens with one attached hydrogen (secondary N) is 1. The Morgan fingerprint density at radius 3 is 2.23 bits per heavy atom. The van der Waals surface area contributed by atoms with Gasteiger partial charge >= 0.3 is 6.03 Å². The van der Waals surface area contributed by atoms with Crippen molar-refractivity contribution in [2.75, 3.05) is 40.3 Å². The van der Waals surface area contributed by atoms with E-state index < -0.39 is 28.1 Å². The lowest BCUT2D eigenvalue weighted by Gasteiger charge is -2.35. The number of carbonyl (C=O) groups excluding carboxylic acids is 2. The maximum Gasteiger partial charge on any atom is 0.326 e. The molecule has 226 valence electrons. The maximum absolute atomic E-state index is 14.4. The fraction of sp³-hybridized carbons (Fsp3) is 0.300. The molecular formula is C30H31Cl2N5O5S. The van der Waals surface area contributed by atoms with Crippen LogP contribution >= 0.6 is 23.2 Å². The molecule has 2 atom stereocenters. The van der Waals surface area contributed by atoms with Gasteiger partial charge in [0.2, 0.25) is 15.9 Å². The molecule has 0 aliphatic carbocycles. The van der Waals surface area contributed by atoms with Crippen LogP contribution in [0, 0.1) is 0 Å². The van der Waals surface area contributed by atoms with Gasteiger partial charge in [-0.3, -0.25) is 14.7 Å². The molecule has 1 saturated heterocycles. The second kappa shape index (κ2) is 12.5. The first-order valence-corrected chi connectivity index (χ1v) is 15.8. The summed E-state index contributed by atoms with van der Waals surface area (Å²) in [6.07, 6.45) is 0. The van der Waals surface area contributed by atoms with Gasteiger partial charge in [0.25, 0.3) is 0 Å². The Labute approximate surface area is 260 Å². The number of sulfonamides is 1. The molecule has 0 spiro atoms. The predicted molar refractivity (Wildman–Crippen MR) is 165 cm³/mol. The van der Waals surface area contributed by atoms with Crippen LogP contribution in [0.2, 0.25) is 10.0 Å². The molecule has 3 aromatic rings. The zero-order valence-corrected chi connectivity index (χ0v) is 26.2. The van der Waals surface area contributed by atoms with Crippen LogP contribution in [0.4, 0.5) is 4.79 Å². The van der Waals surface area contributed by atoms with Crippen LogP contribution in [0.5, 0.6) is 5.75 Å². The van der Waals surface area contributed by atoms with Crippen LogP contribution < -0.4 is 10.1 Å². The number of urea groups is 1. The van der Waals surface area contributed by atoms with E-state index >= 15 is 0 Å². The van der Waals surface area contributed by atoms with Crippen molar-refractivity contribution in [1.29, 1.82) is 0 Å². The fourth-order valence-electron chi connectivity index (χ4n) is 5.14. The number of nitrogens with zero attached hydrogens (tertiary/aromatic N) is 4. The van der Waals surface area contributed by atoms with Crippen LogP contribution in [-0.4, -0.2) is 80.6 Å². The molecular weight excluding hydrogens is 613 g/mol. The minimum Gasteiger partial charge on any atom is -0.493 e. The van der Waals surface area contributed by atoms with E-state index in [0.29, 0.717) is 28.7 Å². The van der Waals surface area contributed by atoms with Gasteiger partial charge in [-0.1, -0.05) is 47.5 Å². The van der Waals surface area contributed by atoms with Crippen molar-refractivity contribution >= 4 is 51.0 Å². The molecule has 43 heavy (non-hydrogen) atoms. The Morgan fingerprint density at radius 1 is 1.02 bits per heavy atom. The third-order valence-corrected chi connectivity index (χ3v) is 9.59. The van der Waals surface area contributed by atoms with Crippen molar-refractivity contribution in [3.63, 3.8) is 0 Å². The molecule has 2 aliphatic rings. The highest BCUT2D eigenvalue weighted by molar-refractivity contribution is 7.89. The van der Waals surface area contributed by atoms with E-state index in [-0.39, 0.29) is 35.5 Å². The Balaban J connectivity index is 1.72. The molecule has 3 aromatic carbocycles. The number of amidine groups is 1. The molecule has 13 heteroatoms. The Morgan fingerprint density at radius 2 is 1.65 bits per heavy atom. The van der Waals surface area contributed by atoms with Crippen LogP contribution in [0.25, 0.3) is 0 Å². The van der Waals surface area contributed by atoms with Crippen molar-refractivity contribution in [3.05, 3.63) is 93.5 Å². The van der Waals surface area contributed by atoms with Gasteiger partial charge in [0.05, 0.1) is 23.1 Å². The number of hydrogen-bond donors (Lipinski definition) is 1. The number of piperazine rings is 1. The molecule has 2 unspecified atom stereocenters.